The third kappa shape index (κ3) is 3.39. The lowest BCUT2D eigenvalue weighted by atomic mass is 10.2. The molecule has 0 aromatic heterocycles. The normalized spacial score (nSPS) is 16.3. The summed E-state index contributed by atoms with van der Waals surface area (Å²) in [7, 11) is 1.68. The van der Waals surface area contributed by atoms with Crippen molar-refractivity contribution in [3.63, 3.8) is 0 Å². The van der Waals surface area contributed by atoms with Crippen LogP contribution in [-0.4, -0.2) is 42.1 Å². The fourth-order valence-corrected chi connectivity index (χ4v) is 1.11. The molecule has 0 unspecified atom stereocenters. The predicted molar refractivity (Wildman–Crippen MR) is 62.0 cm³/mol. The van der Waals surface area contributed by atoms with Gasteiger partial charge in [-0.05, 0) is 13.0 Å². The summed E-state index contributed by atoms with van der Waals surface area (Å²) in [6.07, 6.45) is 2.54. The number of carbonyl (C=O) groups is 2. The van der Waals surface area contributed by atoms with E-state index in [2.05, 4.69) is 9.73 Å². The largest absolute Gasteiger partial charge is 0.477 e. The van der Waals surface area contributed by atoms with Crippen LogP contribution in [0.1, 0.15) is 6.92 Å². The lowest BCUT2D eigenvalue weighted by molar-refractivity contribution is -0.134. The van der Waals surface area contributed by atoms with Gasteiger partial charge < -0.3 is 9.84 Å². The molecular formula is C10H14FN3O4. The molecule has 1 rings (SSSR count). The number of methoxy groups -OCH3 is 1. The number of carboxylic acid groups (broad SMARTS) is 1. The van der Waals surface area contributed by atoms with E-state index < -0.39 is 11.9 Å². The van der Waals surface area contributed by atoms with Gasteiger partial charge in [0.1, 0.15) is 11.5 Å². The molecule has 0 saturated heterocycles. The van der Waals surface area contributed by atoms with Crippen molar-refractivity contribution in [1.82, 2.24) is 5.01 Å². The third-order valence-corrected chi connectivity index (χ3v) is 1.89. The SMILES string of the molecule is C/C=C1/N=C(C(=O)OC)C=C(C(=O)O)N1N.CF. The summed E-state index contributed by atoms with van der Waals surface area (Å²) >= 11 is 0. The average Bonchev–Trinajstić information content (AvgIpc) is 2.40. The van der Waals surface area contributed by atoms with Crippen LogP contribution < -0.4 is 5.84 Å². The van der Waals surface area contributed by atoms with Crippen molar-refractivity contribution in [3.8, 4) is 0 Å². The highest BCUT2D eigenvalue weighted by Crippen LogP contribution is 2.16. The maximum atomic E-state index is 11.2. The Morgan fingerprint density at radius 1 is 1.56 bits per heavy atom. The van der Waals surface area contributed by atoms with Gasteiger partial charge in [0, 0.05) is 6.08 Å². The molecule has 0 atom stereocenters. The summed E-state index contributed by atoms with van der Waals surface area (Å²) in [6, 6.07) is 0. The van der Waals surface area contributed by atoms with Crippen molar-refractivity contribution >= 4 is 17.7 Å². The molecule has 0 aromatic carbocycles. The van der Waals surface area contributed by atoms with E-state index in [0.29, 0.717) is 7.18 Å². The molecule has 0 bridgehead atoms. The van der Waals surface area contributed by atoms with Crippen molar-refractivity contribution in [1.29, 1.82) is 0 Å². The van der Waals surface area contributed by atoms with Crippen LogP contribution in [0.2, 0.25) is 0 Å². The first kappa shape index (κ1) is 15.8. The molecule has 0 radical (unpaired) electrons. The minimum atomic E-state index is -1.25. The van der Waals surface area contributed by atoms with Gasteiger partial charge in [0.15, 0.2) is 5.71 Å². The van der Waals surface area contributed by atoms with E-state index >= 15 is 0 Å². The molecule has 0 saturated carbocycles. The highest BCUT2D eigenvalue weighted by atomic mass is 19.1. The summed E-state index contributed by atoms with van der Waals surface area (Å²) in [5.74, 6) is 3.69. The molecule has 0 spiro atoms. The summed E-state index contributed by atoms with van der Waals surface area (Å²) in [6.45, 7) is 1.62. The molecule has 0 amide bonds. The van der Waals surface area contributed by atoms with Gasteiger partial charge in [-0.15, -0.1) is 0 Å². The van der Waals surface area contributed by atoms with Crippen molar-refractivity contribution in [3.05, 3.63) is 23.7 Å². The van der Waals surface area contributed by atoms with E-state index in [0.717, 1.165) is 11.1 Å². The van der Waals surface area contributed by atoms with E-state index in [1.807, 2.05) is 0 Å². The number of hydrogen-bond acceptors (Lipinski definition) is 6. The van der Waals surface area contributed by atoms with Gasteiger partial charge in [0.05, 0.1) is 14.3 Å². The number of rotatable bonds is 2. The number of halogens is 1. The quantitative estimate of drug-likeness (QED) is 0.542. The highest BCUT2D eigenvalue weighted by molar-refractivity contribution is 6.42. The average molecular weight is 259 g/mol. The number of alkyl halides is 1. The van der Waals surface area contributed by atoms with Crippen LogP contribution in [0.25, 0.3) is 0 Å². The second-order valence-corrected chi connectivity index (χ2v) is 2.84. The molecule has 18 heavy (non-hydrogen) atoms. The van der Waals surface area contributed by atoms with Gasteiger partial charge in [-0.25, -0.2) is 20.4 Å². The lowest BCUT2D eigenvalue weighted by Crippen LogP contribution is -2.37. The summed E-state index contributed by atoms with van der Waals surface area (Å²) in [4.78, 5) is 25.9. The smallest absolute Gasteiger partial charge is 0.356 e. The fraction of sp³-hybridized carbons (Fsp3) is 0.300. The number of nitrogens with zero attached hydrogens (tertiary/aromatic N) is 2. The highest BCUT2D eigenvalue weighted by Gasteiger charge is 2.25. The molecule has 1 aliphatic rings. The predicted octanol–water partition coefficient (Wildman–Crippen LogP) is 0.205. The number of hydrazine groups is 1. The Morgan fingerprint density at radius 2 is 2.11 bits per heavy atom. The van der Waals surface area contributed by atoms with E-state index in [1.54, 1.807) is 6.92 Å². The van der Waals surface area contributed by atoms with Crippen molar-refractivity contribution in [2.24, 2.45) is 10.8 Å². The third-order valence-electron chi connectivity index (χ3n) is 1.89. The Bertz CT molecular complexity index is 429. The summed E-state index contributed by atoms with van der Waals surface area (Å²) < 4.78 is 14.0. The van der Waals surface area contributed by atoms with E-state index in [-0.39, 0.29) is 17.2 Å². The zero-order valence-electron chi connectivity index (χ0n) is 10.2. The van der Waals surface area contributed by atoms with Crippen LogP contribution in [0.4, 0.5) is 4.39 Å². The van der Waals surface area contributed by atoms with E-state index in [4.69, 9.17) is 10.9 Å². The molecular weight excluding hydrogens is 245 g/mol. The van der Waals surface area contributed by atoms with Gasteiger partial charge in [0.2, 0.25) is 0 Å². The molecule has 1 heterocycles. The van der Waals surface area contributed by atoms with Crippen molar-refractivity contribution in [2.75, 3.05) is 14.3 Å². The van der Waals surface area contributed by atoms with Crippen LogP contribution in [0.3, 0.4) is 0 Å². The number of ether oxygens (including phenoxy) is 1. The summed E-state index contributed by atoms with van der Waals surface area (Å²) in [5.41, 5.74) is -0.349. The first-order chi connectivity index (χ1) is 8.51. The van der Waals surface area contributed by atoms with Crippen LogP contribution in [0, 0.1) is 0 Å². The summed E-state index contributed by atoms with van der Waals surface area (Å²) in [5, 5.41) is 9.75. The van der Waals surface area contributed by atoms with Crippen LogP contribution in [0.5, 0.6) is 0 Å². The number of aliphatic carboxylic acids is 1. The minimum Gasteiger partial charge on any atom is -0.477 e. The number of hydrogen-bond donors (Lipinski definition) is 2. The number of aliphatic imine (C=N–C) groups is 1. The minimum absolute atomic E-state index is 0.102. The van der Waals surface area contributed by atoms with Gasteiger partial charge >= 0.3 is 11.9 Å². The zero-order chi connectivity index (χ0) is 14.3. The molecule has 3 N–H and O–H groups in total. The Hall–Kier alpha value is -2.22. The van der Waals surface area contributed by atoms with Crippen LogP contribution >= 0.6 is 0 Å². The number of esters is 1. The first-order valence-electron chi connectivity index (χ1n) is 4.72. The van der Waals surface area contributed by atoms with Crippen molar-refractivity contribution in [2.45, 2.75) is 6.92 Å². The van der Waals surface area contributed by atoms with Crippen molar-refractivity contribution < 1.29 is 23.8 Å². The molecule has 0 aliphatic carbocycles. The number of nitrogens with two attached hydrogens (primary N) is 1. The topological polar surface area (TPSA) is 105 Å². The standard InChI is InChI=1S/C9H11N3O4.CH3F/c1-3-7-11-5(9(15)16-2)4-6(8(13)14)12(7)10;1-2/h3-4H,10H2,1-2H3,(H,13,14);1H3/b7-3-;. The van der Waals surface area contributed by atoms with E-state index in [9.17, 15) is 14.0 Å². The molecule has 0 fully saturated rings. The lowest BCUT2D eigenvalue weighted by Gasteiger charge is -2.22. The maximum absolute atomic E-state index is 11.2. The molecule has 8 heteroatoms. The number of allylic oxidation sites excluding steroid dienone is 1. The van der Waals surface area contributed by atoms with Gasteiger partial charge in [-0.1, -0.05) is 0 Å². The maximum Gasteiger partial charge on any atom is 0.356 e. The number of carbonyl (C=O) groups excluding carboxylic acids is 1. The zero-order valence-corrected chi connectivity index (χ0v) is 10.2. The Balaban J connectivity index is 0.00000137. The number of carboxylic acids is 1. The molecule has 7 nitrogen and oxygen atoms in total. The Morgan fingerprint density at radius 3 is 2.50 bits per heavy atom. The first-order valence-corrected chi connectivity index (χ1v) is 4.72. The monoisotopic (exact) mass is 259 g/mol. The van der Waals surface area contributed by atoms with Crippen LogP contribution in [-0.2, 0) is 14.3 Å². The van der Waals surface area contributed by atoms with Crippen LogP contribution in [0.15, 0.2) is 28.7 Å². The van der Waals surface area contributed by atoms with E-state index in [1.165, 1.54) is 13.2 Å². The molecule has 0 aromatic rings. The van der Waals surface area contributed by atoms with Gasteiger partial charge in [-0.2, -0.15) is 0 Å². The van der Waals surface area contributed by atoms with Gasteiger partial charge in [-0.3, -0.25) is 9.40 Å². The molecule has 1 aliphatic heterocycles. The second-order valence-electron chi connectivity index (χ2n) is 2.84. The molecule has 100 valence electrons. The Kier molecular flexibility index (Phi) is 6.29. The fourth-order valence-electron chi connectivity index (χ4n) is 1.11. The second kappa shape index (κ2) is 7.17. The van der Waals surface area contributed by atoms with Gasteiger partial charge in [0.25, 0.3) is 0 Å². The Labute approximate surface area is 103 Å².